The molecule has 0 radical (unpaired) electrons. The Morgan fingerprint density at radius 2 is 1.85 bits per heavy atom. The van der Waals surface area contributed by atoms with Crippen LogP contribution in [-0.2, 0) is 13.1 Å². The van der Waals surface area contributed by atoms with E-state index in [1.165, 1.54) is 4.68 Å². The highest BCUT2D eigenvalue weighted by molar-refractivity contribution is 9.10. The first-order valence-electron chi connectivity index (χ1n) is 4.98. The van der Waals surface area contributed by atoms with E-state index in [2.05, 4.69) is 36.6 Å². The number of rotatable bonds is 5. The molecule has 20 heavy (non-hydrogen) atoms. The third-order valence-electron chi connectivity index (χ3n) is 2.29. The number of aryl methyl sites for hydroxylation is 2. The van der Waals surface area contributed by atoms with Crippen molar-refractivity contribution in [1.82, 2.24) is 30.0 Å². The largest absolute Gasteiger partial charge is 0.469 e. The highest BCUT2D eigenvalue weighted by atomic mass is 79.9. The molecule has 0 saturated heterocycles. The molecular weight excluding hydrogens is 342 g/mol. The number of nitrogen functional groups attached to an aromatic ring is 1. The van der Waals surface area contributed by atoms with Crippen LogP contribution >= 0.6 is 15.9 Å². The van der Waals surface area contributed by atoms with E-state index >= 15 is 0 Å². The molecule has 0 saturated carbocycles. The van der Waals surface area contributed by atoms with Crippen LogP contribution in [0.1, 0.15) is 0 Å². The van der Waals surface area contributed by atoms with Crippen LogP contribution in [0.25, 0.3) is 0 Å². The van der Waals surface area contributed by atoms with Crippen LogP contribution in [-0.4, -0.2) is 39.8 Å². The number of nitrogens with two attached hydrogens (primary N) is 1. The summed E-state index contributed by atoms with van der Waals surface area (Å²) in [6.45, 7) is 0.206. The first-order valence-corrected chi connectivity index (χ1v) is 5.78. The molecule has 0 aliphatic rings. The van der Waals surface area contributed by atoms with E-state index in [1.807, 2.05) is 0 Å². The molecule has 13 nitrogen and oxygen atoms in total. The van der Waals surface area contributed by atoms with Gasteiger partial charge in [-0.2, -0.15) is 4.68 Å². The second kappa shape index (κ2) is 5.16. The summed E-state index contributed by atoms with van der Waals surface area (Å²) in [5, 5.41) is 35.4. The molecule has 0 unspecified atom stereocenters. The summed E-state index contributed by atoms with van der Waals surface area (Å²) in [5.74, 6) is -0.788. The van der Waals surface area contributed by atoms with Crippen molar-refractivity contribution in [2.24, 2.45) is 0 Å². The van der Waals surface area contributed by atoms with Crippen LogP contribution in [0, 0.1) is 20.2 Å². The van der Waals surface area contributed by atoms with Gasteiger partial charge in [0.2, 0.25) is 10.6 Å². The van der Waals surface area contributed by atoms with E-state index in [-0.39, 0.29) is 23.6 Å². The standard InChI is InChI=1S/C6H6BrN9O4/c7-4-3(15(17)18)5(16(19)20)10-13(4)1-2-14-6(8)9-11-12-14/h1-2H2,(H2,8,9,12). The molecule has 0 amide bonds. The monoisotopic (exact) mass is 347 g/mol. The number of halogens is 1. The van der Waals surface area contributed by atoms with E-state index in [0.29, 0.717) is 0 Å². The molecule has 2 heterocycles. The number of nitrogens with zero attached hydrogens (tertiary/aromatic N) is 8. The lowest BCUT2D eigenvalue weighted by Crippen LogP contribution is -2.12. The van der Waals surface area contributed by atoms with Crippen molar-refractivity contribution in [2.45, 2.75) is 13.1 Å². The molecule has 0 aliphatic carbocycles. The minimum absolute atomic E-state index is 0.0530. The smallest absolute Gasteiger partial charge is 0.367 e. The minimum atomic E-state index is -0.926. The zero-order valence-electron chi connectivity index (χ0n) is 9.58. The first-order chi connectivity index (χ1) is 9.41. The summed E-state index contributed by atoms with van der Waals surface area (Å²) in [6.07, 6.45) is 0. The highest BCUT2D eigenvalue weighted by Crippen LogP contribution is 2.33. The number of anilines is 1. The zero-order valence-corrected chi connectivity index (χ0v) is 11.2. The number of nitro groups is 2. The Kier molecular flexibility index (Phi) is 3.55. The maximum absolute atomic E-state index is 10.8. The van der Waals surface area contributed by atoms with E-state index in [1.54, 1.807) is 0 Å². The molecule has 14 heteroatoms. The van der Waals surface area contributed by atoms with Crippen LogP contribution in [0.5, 0.6) is 0 Å². The average molecular weight is 348 g/mol. The quantitative estimate of drug-likeness (QED) is 0.563. The van der Waals surface area contributed by atoms with Crippen LogP contribution < -0.4 is 5.73 Å². The molecule has 2 aromatic heterocycles. The molecule has 2 rings (SSSR count). The topological polar surface area (TPSA) is 174 Å². The Hall–Kier alpha value is -2.64. The van der Waals surface area contributed by atoms with Crippen LogP contribution in [0.4, 0.5) is 17.5 Å². The van der Waals surface area contributed by atoms with Gasteiger partial charge in [0.1, 0.15) is 0 Å². The first kappa shape index (κ1) is 13.8. The van der Waals surface area contributed by atoms with Crippen LogP contribution in [0.2, 0.25) is 0 Å². The van der Waals surface area contributed by atoms with Crippen molar-refractivity contribution >= 4 is 33.4 Å². The molecule has 0 spiro atoms. The number of hydrogen-bond acceptors (Lipinski definition) is 9. The van der Waals surface area contributed by atoms with Crippen molar-refractivity contribution in [3.63, 3.8) is 0 Å². The predicted molar refractivity (Wildman–Crippen MR) is 65.5 cm³/mol. The highest BCUT2D eigenvalue weighted by Gasteiger charge is 2.36. The molecule has 2 N–H and O–H groups in total. The fourth-order valence-electron chi connectivity index (χ4n) is 1.41. The Morgan fingerprint density at radius 1 is 1.20 bits per heavy atom. The van der Waals surface area contributed by atoms with Gasteiger partial charge in [-0.05, 0) is 31.3 Å². The van der Waals surface area contributed by atoms with Gasteiger partial charge in [-0.15, -0.1) is 0 Å². The normalized spacial score (nSPS) is 10.7. The molecule has 2 aromatic rings. The molecule has 0 atom stereocenters. The van der Waals surface area contributed by atoms with E-state index in [0.717, 1.165) is 4.68 Å². The van der Waals surface area contributed by atoms with Gasteiger partial charge in [0.15, 0.2) is 0 Å². The van der Waals surface area contributed by atoms with Crippen LogP contribution in [0.15, 0.2) is 4.60 Å². The minimum Gasteiger partial charge on any atom is -0.367 e. The summed E-state index contributed by atoms with van der Waals surface area (Å²) in [7, 11) is 0. The lowest BCUT2D eigenvalue weighted by Gasteiger charge is -1.99. The Labute approximate surface area is 117 Å². The predicted octanol–water partition coefficient (Wildman–Crippen LogP) is -0.269. The zero-order chi connectivity index (χ0) is 14.9. The van der Waals surface area contributed by atoms with Gasteiger partial charge < -0.3 is 15.8 Å². The maximum atomic E-state index is 10.8. The Balaban J connectivity index is 2.29. The van der Waals surface area contributed by atoms with Gasteiger partial charge >= 0.3 is 11.5 Å². The van der Waals surface area contributed by atoms with Crippen molar-refractivity contribution in [3.05, 3.63) is 24.8 Å². The summed E-state index contributed by atoms with van der Waals surface area (Å²) in [4.78, 5) is 19.7. The SMILES string of the molecule is Nc1nnnn1CCn1nc([N+](=O)[O-])c([N+](=O)[O-])c1Br. The Morgan fingerprint density at radius 3 is 2.30 bits per heavy atom. The third-order valence-corrected chi connectivity index (χ3v) is 3.07. The van der Waals surface area contributed by atoms with Crippen LogP contribution in [0.3, 0.4) is 0 Å². The second-order valence-corrected chi connectivity index (χ2v) is 4.21. The Bertz CT molecular complexity index is 678. The molecule has 0 aliphatic heterocycles. The lowest BCUT2D eigenvalue weighted by molar-refractivity contribution is -0.425. The van der Waals surface area contributed by atoms with Crippen molar-refractivity contribution in [3.8, 4) is 0 Å². The molecule has 0 bridgehead atoms. The van der Waals surface area contributed by atoms with Gasteiger partial charge in [0.25, 0.3) is 0 Å². The van der Waals surface area contributed by atoms with Crippen molar-refractivity contribution in [2.75, 3.05) is 5.73 Å². The fraction of sp³-hybridized carbons (Fsp3) is 0.333. The van der Waals surface area contributed by atoms with Gasteiger partial charge in [-0.1, -0.05) is 5.10 Å². The third kappa shape index (κ3) is 2.40. The van der Waals surface area contributed by atoms with Gasteiger partial charge in [0, 0.05) is 0 Å². The molecular formula is C6H6BrN9O4. The molecule has 0 fully saturated rings. The number of tetrazole rings is 1. The van der Waals surface area contributed by atoms with Crippen molar-refractivity contribution in [1.29, 1.82) is 0 Å². The lowest BCUT2D eigenvalue weighted by atomic mass is 10.5. The molecule has 106 valence electrons. The fourth-order valence-corrected chi connectivity index (χ4v) is 1.99. The van der Waals surface area contributed by atoms with E-state index in [4.69, 9.17) is 5.73 Å². The van der Waals surface area contributed by atoms with Gasteiger partial charge in [0.05, 0.1) is 23.1 Å². The van der Waals surface area contributed by atoms with Gasteiger partial charge in [-0.25, -0.2) is 4.68 Å². The molecule has 0 aromatic carbocycles. The summed E-state index contributed by atoms with van der Waals surface area (Å²) >= 11 is 2.92. The average Bonchev–Trinajstić information content (AvgIpc) is 2.91. The summed E-state index contributed by atoms with van der Waals surface area (Å²) in [6, 6.07) is 0. The summed E-state index contributed by atoms with van der Waals surface area (Å²) in [5.41, 5.74) is 4.73. The van der Waals surface area contributed by atoms with Crippen molar-refractivity contribution < 1.29 is 9.85 Å². The van der Waals surface area contributed by atoms with E-state index in [9.17, 15) is 20.2 Å². The second-order valence-electron chi connectivity index (χ2n) is 3.46. The number of hydrogen-bond donors (Lipinski definition) is 1. The van der Waals surface area contributed by atoms with E-state index < -0.39 is 21.4 Å². The van der Waals surface area contributed by atoms with Gasteiger partial charge in [-0.3, -0.25) is 10.1 Å². The summed E-state index contributed by atoms with van der Waals surface area (Å²) < 4.78 is 2.18. The maximum Gasteiger partial charge on any atom is 0.469 e. The number of aromatic nitrogens is 6.